The average Bonchev–Trinajstić information content (AvgIpc) is 3.21. The van der Waals surface area contributed by atoms with Gasteiger partial charge in [-0.1, -0.05) is 0 Å². The summed E-state index contributed by atoms with van der Waals surface area (Å²) in [6.07, 6.45) is 0. The minimum absolute atomic E-state index is 0.0902. The topological polar surface area (TPSA) is 107 Å². The van der Waals surface area contributed by atoms with E-state index < -0.39 is 5.97 Å². The molecule has 4 aromatic rings. The first kappa shape index (κ1) is 19.3. The Kier molecular flexibility index (Phi) is 4.97. The molecular formula is C22H19N3O5. The van der Waals surface area contributed by atoms with Gasteiger partial charge in [-0.05, 0) is 42.5 Å². The highest BCUT2D eigenvalue weighted by Gasteiger charge is 2.21. The van der Waals surface area contributed by atoms with Gasteiger partial charge >= 0.3 is 5.97 Å². The summed E-state index contributed by atoms with van der Waals surface area (Å²) in [5.41, 5.74) is 2.81. The molecule has 0 aliphatic rings. The Morgan fingerprint density at radius 1 is 0.933 bits per heavy atom. The number of ether oxygens (including phenoxy) is 3. The molecule has 4 rings (SSSR count). The molecule has 8 nitrogen and oxygen atoms in total. The van der Waals surface area contributed by atoms with Crippen LogP contribution < -0.4 is 14.2 Å². The van der Waals surface area contributed by atoms with Crippen molar-refractivity contribution in [2.75, 3.05) is 21.3 Å². The maximum Gasteiger partial charge on any atom is 0.336 e. The first-order chi connectivity index (χ1) is 14.5. The number of aromatic amines is 1. The second-order valence-corrected chi connectivity index (χ2v) is 6.45. The van der Waals surface area contributed by atoms with E-state index in [4.69, 9.17) is 14.2 Å². The molecule has 8 heteroatoms. The largest absolute Gasteiger partial charge is 0.497 e. The van der Waals surface area contributed by atoms with Crippen molar-refractivity contribution in [1.82, 2.24) is 15.2 Å². The van der Waals surface area contributed by atoms with Gasteiger partial charge in [-0.3, -0.25) is 5.10 Å². The van der Waals surface area contributed by atoms with Gasteiger partial charge in [0.25, 0.3) is 0 Å². The molecule has 0 radical (unpaired) electrons. The van der Waals surface area contributed by atoms with Crippen LogP contribution in [-0.4, -0.2) is 47.6 Å². The van der Waals surface area contributed by atoms with Crippen LogP contribution in [-0.2, 0) is 0 Å². The molecule has 0 amide bonds. The van der Waals surface area contributed by atoms with E-state index in [-0.39, 0.29) is 5.56 Å². The molecule has 0 fully saturated rings. The number of H-pyrrole nitrogens is 1. The number of aromatic carboxylic acids is 1. The second-order valence-electron chi connectivity index (χ2n) is 6.45. The number of pyridine rings is 1. The summed E-state index contributed by atoms with van der Waals surface area (Å²) in [7, 11) is 4.68. The quantitative estimate of drug-likeness (QED) is 0.499. The number of nitrogens with zero attached hydrogens (tertiary/aromatic N) is 2. The summed E-state index contributed by atoms with van der Waals surface area (Å²) in [5, 5.41) is 17.5. The van der Waals surface area contributed by atoms with E-state index in [1.165, 1.54) is 13.2 Å². The Balaban J connectivity index is 1.91. The Labute approximate surface area is 172 Å². The highest BCUT2D eigenvalue weighted by molar-refractivity contribution is 6.08. The molecule has 30 heavy (non-hydrogen) atoms. The Morgan fingerprint density at radius 2 is 1.63 bits per heavy atom. The van der Waals surface area contributed by atoms with Gasteiger partial charge in [0.1, 0.15) is 17.2 Å². The Bertz CT molecular complexity index is 1230. The number of carbonyl (C=O) groups is 1. The number of nitrogens with one attached hydrogen (secondary N) is 1. The van der Waals surface area contributed by atoms with Gasteiger partial charge in [0, 0.05) is 17.2 Å². The minimum Gasteiger partial charge on any atom is -0.497 e. The van der Waals surface area contributed by atoms with Crippen molar-refractivity contribution >= 4 is 17.0 Å². The molecule has 2 heterocycles. The maximum atomic E-state index is 12.1. The number of benzene rings is 2. The van der Waals surface area contributed by atoms with Gasteiger partial charge in [0.05, 0.1) is 43.7 Å². The van der Waals surface area contributed by atoms with Gasteiger partial charge < -0.3 is 19.3 Å². The van der Waals surface area contributed by atoms with Crippen LogP contribution >= 0.6 is 0 Å². The lowest BCUT2D eigenvalue weighted by molar-refractivity contribution is 0.0699. The number of carboxylic acid groups (broad SMARTS) is 1. The van der Waals surface area contributed by atoms with Crippen LogP contribution in [0.3, 0.4) is 0 Å². The Morgan fingerprint density at radius 3 is 2.27 bits per heavy atom. The van der Waals surface area contributed by atoms with Crippen molar-refractivity contribution in [3.05, 3.63) is 54.1 Å². The number of carboxylic acids is 1. The predicted molar refractivity (Wildman–Crippen MR) is 111 cm³/mol. The van der Waals surface area contributed by atoms with Gasteiger partial charge in [-0.15, -0.1) is 0 Å². The fourth-order valence-electron chi connectivity index (χ4n) is 3.31. The van der Waals surface area contributed by atoms with E-state index in [1.807, 2.05) is 12.1 Å². The van der Waals surface area contributed by atoms with Crippen molar-refractivity contribution in [2.45, 2.75) is 0 Å². The third-order valence-electron chi connectivity index (χ3n) is 4.82. The SMILES string of the molecule is COc1ccc(-c2[nH]nc3nc(-c4ccc(OC)cc4OC)cc(C(=O)O)c23)cc1. The summed E-state index contributed by atoms with van der Waals surface area (Å²) in [4.78, 5) is 16.7. The fraction of sp³-hybridized carbons (Fsp3) is 0.136. The monoisotopic (exact) mass is 405 g/mol. The van der Waals surface area contributed by atoms with Gasteiger partial charge in [-0.2, -0.15) is 5.10 Å². The van der Waals surface area contributed by atoms with Crippen LogP contribution in [0, 0.1) is 0 Å². The molecule has 0 saturated heterocycles. The van der Waals surface area contributed by atoms with Crippen LogP contribution in [0.5, 0.6) is 17.2 Å². The molecule has 2 N–H and O–H groups in total. The molecule has 152 valence electrons. The van der Waals surface area contributed by atoms with E-state index in [0.29, 0.717) is 45.2 Å². The maximum absolute atomic E-state index is 12.1. The zero-order valence-electron chi connectivity index (χ0n) is 16.6. The average molecular weight is 405 g/mol. The lowest BCUT2D eigenvalue weighted by Gasteiger charge is -2.11. The number of aromatic nitrogens is 3. The van der Waals surface area contributed by atoms with Crippen molar-refractivity contribution in [3.63, 3.8) is 0 Å². The molecule has 0 bridgehead atoms. The molecule has 2 aromatic carbocycles. The van der Waals surface area contributed by atoms with Gasteiger partial charge in [0.2, 0.25) is 0 Å². The number of hydrogen-bond donors (Lipinski definition) is 2. The van der Waals surface area contributed by atoms with Crippen LogP contribution in [0.2, 0.25) is 0 Å². The van der Waals surface area contributed by atoms with Crippen LogP contribution in [0.1, 0.15) is 10.4 Å². The number of methoxy groups -OCH3 is 3. The van der Waals surface area contributed by atoms with Crippen molar-refractivity contribution < 1.29 is 24.1 Å². The zero-order chi connectivity index (χ0) is 21.3. The molecule has 0 aliphatic carbocycles. The summed E-state index contributed by atoms with van der Waals surface area (Å²) < 4.78 is 15.9. The highest BCUT2D eigenvalue weighted by Crippen LogP contribution is 2.36. The lowest BCUT2D eigenvalue weighted by atomic mass is 10.0. The second kappa shape index (κ2) is 7.75. The Hall–Kier alpha value is -4.07. The van der Waals surface area contributed by atoms with Crippen LogP contribution in [0.4, 0.5) is 0 Å². The van der Waals surface area contributed by atoms with Gasteiger partial charge in [0.15, 0.2) is 5.65 Å². The molecule has 0 saturated carbocycles. The summed E-state index contributed by atoms with van der Waals surface area (Å²) in [6.45, 7) is 0. The fourth-order valence-corrected chi connectivity index (χ4v) is 3.31. The summed E-state index contributed by atoms with van der Waals surface area (Å²) >= 11 is 0. The summed E-state index contributed by atoms with van der Waals surface area (Å²) in [6, 6.07) is 14.0. The number of rotatable bonds is 6. The van der Waals surface area contributed by atoms with Gasteiger partial charge in [-0.25, -0.2) is 9.78 Å². The zero-order valence-corrected chi connectivity index (χ0v) is 16.6. The normalized spacial score (nSPS) is 10.8. The van der Waals surface area contributed by atoms with Crippen molar-refractivity contribution in [3.8, 4) is 39.8 Å². The predicted octanol–water partition coefficient (Wildman–Crippen LogP) is 4.02. The molecule has 0 atom stereocenters. The molecule has 2 aromatic heterocycles. The molecular weight excluding hydrogens is 386 g/mol. The number of hydrogen-bond acceptors (Lipinski definition) is 6. The van der Waals surface area contributed by atoms with Crippen molar-refractivity contribution in [1.29, 1.82) is 0 Å². The third kappa shape index (κ3) is 3.28. The summed E-state index contributed by atoms with van der Waals surface area (Å²) in [5.74, 6) is 0.764. The first-order valence-electron chi connectivity index (χ1n) is 9.05. The van der Waals surface area contributed by atoms with Crippen LogP contribution in [0.15, 0.2) is 48.5 Å². The van der Waals surface area contributed by atoms with Crippen molar-refractivity contribution in [2.24, 2.45) is 0 Å². The standard InChI is InChI=1S/C22H19N3O5/c1-28-13-6-4-12(5-7-13)20-19-16(22(26)27)11-17(23-21(19)25-24-20)15-9-8-14(29-2)10-18(15)30-3/h4-11H,1-3H3,(H,26,27)(H,23,24,25). The van der Waals surface area contributed by atoms with E-state index >= 15 is 0 Å². The first-order valence-corrected chi connectivity index (χ1v) is 9.05. The third-order valence-corrected chi connectivity index (χ3v) is 4.82. The molecule has 0 spiro atoms. The van der Waals surface area contributed by atoms with E-state index in [9.17, 15) is 9.90 Å². The molecule has 0 unspecified atom stereocenters. The molecule has 0 aliphatic heterocycles. The smallest absolute Gasteiger partial charge is 0.336 e. The highest BCUT2D eigenvalue weighted by atomic mass is 16.5. The van der Waals surface area contributed by atoms with E-state index in [1.54, 1.807) is 44.6 Å². The minimum atomic E-state index is -1.08. The van der Waals surface area contributed by atoms with E-state index in [2.05, 4.69) is 15.2 Å². The van der Waals surface area contributed by atoms with E-state index in [0.717, 1.165) is 5.56 Å². The lowest BCUT2D eigenvalue weighted by Crippen LogP contribution is -2.01. The van der Waals surface area contributed by atoms with Crippen LogP contribution in [0.25, 0.3) is 33.5 Å². The number of fused-ring (bicyclic) bond motifs is 1.